The first kappa shape index (κ1) is 39.4. The molecule has 1 heterocycles. The number of nitro benzene ring substituents is 1. The predicted molar refractivity (Wildman–Crippen MR) is 201 cm³/mol. The van der Waals surface area contributed by atoms with E-state index in [9.17, 15) is 31.7 Å². The maximum Gasteiger partial charge on any atom is 0.306 e. The third-order valence-electron chi connectivity index (χ3n) is 8.83. The lowest BCUT2D eigenvalue weighted by molar-refractivity contribution is -0.387. The minimum absolute atomic E-state index is 0.0189. The second-order valence-electron chi connectivity index (χ2n) is 14.2. The van der Waals surface area contributed by atoms with Gasteiger partial charge in [0.1, 0.15) is 23.3 Å². The van der Waals surface area contributed by atoms with Crippen LogP contribution in [0, 0.1) is 29.8 Å². The number of esters is 1. The number of benzene rings is 4. The van der Waals surface area contributed by atoms with E-state index < -0.39 is 52.8 Å². The SMILES string of the molecule is Cc1cc(OC2CCS(=O)(=O)CC2)cc(C)c1-c1cccc(CN(c2ccc(CCC(=O)OC(C)(C)C)c(F)c2)S(=O)(=O)c2ccccc2[N+](=O)[O-])c1. The van der Waals surface area contributed by atoms with Gasteiger partial charge >= 0.3 is 5.97 Å². The van der Waals surface area contributed by atoms with Gasteiger partial charge in [-0.05, 0) is 124 Å². The number of hydrogen-bond donors (Lipinski definition) is 0. The van der Waals surface area contributed by atoms with E-state index in [0.717, 1.165) is 44.8 Å². The minimum atomic E-state index is -4.63. The van der Waals surface area contributed by atoms with Gasteiger partial charge in [0.15, 0.2) is 14.7 Å². The van der Waals surface area contributed by atoms with Crippen LogP contribution in [-0.2, 0) is 42.4 Å². The minimum Gasteiger partial charge on any atom is -0.490 e. The Morgan fingerprint density at radius 3 is 2.25 bits per heavy atom. The van der Waals surface area contributed by atoms with Crippen LogP contribution in [0.15, 0.2) is 83.8 Å². The van der Waals surface area contributed by atoms with Crippen LogP contribution < -0.4 is 9.04 Å². The van der Waals surface area contributed by atoms with Crippen molar-refractivity contribution in [2.24, 2.45) is 0 Å². The molecule has 4 aromatic carbocycles. The van der Waals surface area contributed by atoms with E-state index in [4.69, 9.17) is 9.47 Å². The molecule has 53 heavy (non-hydrogen) atoms. The molecule has 5 rings (SSSR count). The molecule has 0 unspecified atom stereocenters. The zero-order valence-corrected chi connectivity index (χ0v) is 31.9. The largest absolute Gasteiger partial charge is 0.490 e. The maximum absolute atomic E-state index is 15.6. The summed E-state index contributed by atoms with van der Waals surface area (Å²) in [4.78, 5) is 22.9. The van der Waals surface area contributed by atoms with E-state index >= 15 is 4.39 Å². The van der Waals surface area contributed by atoms with E-state index in [-0.39, 0.29) is 48.2 Å². The molecule has 1 aliphatic heterocycles. The molecule has 0 N–H and O–H groups in total. The molecule has 0 aromatic heterocycles. The summed E-state index contributed by atoms with van der Waals surface area (Å²) in [6.07, 6.45) is 0.576. The molecule has 0 amide bonds. The van der Waals surface area contributed by atoms with Crippen molar-refractivity contribution in [3.8, 4) is 16.9 Å². The van der Waals surface area contributed by atoms with Gasteiger partial charge in [0, 0.05) is 12.5 Å². The number of ether oxygens (including phenoxy) is 2. The van der Waals surface area contributed by atoms with Gasteiger partial charge in [-0.3, -0.25) is 19.2 Å². The number of sulfone groups is 1. The van der Waals surface area contributed by atoms with Gasteiger partial charge in [-0.2, -0.15) is 0 Å². The maximum atomic E-state index is 15.6. The van der Waals surface area contributed by atoms with E-state index in [1.807, 2.05) is 38.1 Å². The summed E-state index contributed by atoms with van der Waals surface area (Å²) in [5.74, 6) is -0.435. The molecule has 4 aromatic rings. The molecule has 0 saturated carbocycles. The molecule has 14 heteroatoms. The Labute approximate surface area is 309 Å². The number of hydrogen-bond acceptors (Lipinski definition) is 9. The van der Waals surface area contributed by atoms with Crippen LogP contribution in [0.3, 0.4) is 0 Å². The highest BCUT2D eigenvalue weighted by Crippen LogP contribution is 2.35. The third-order valence-corrected chi connectivity index (χ3v) is 12.4. The van der Waals surface area contributed by atoms with Crippen molar-refractivity contribution in [2.45, 2.75) is 83.4 Å². The van der Waals surface area contributed by atoms with E-state index in [2.05, 4.69) is 0 Å². The second-order valence-corrected chi connectivity index (χ2v) is 18.3. The van der Waals surface area contributed by atoms with Gasteiger partial charge < -0.3 is 9.47 Å². The summed E-state index contributed by atoms with van der Waals surface area (Å²) in [6.45, 7) is 8.74. The fraction of sp³-hybridized carbons (Fsp3) is 0.359. The molecule has 1 aliphatic rings. The Hall–Kier alpha value is -4.82. The molecule has 1 fully saturated rings. The summed E-state index contributed by atoms with van der Waals surface area (Å²) in [5, 5.41) is 11.9. The molecule has 0 bridgehead atoms. The van der Waals surface area contributed by atoms with Crippen molar-refractivity contribution < 1.29 is 40.4 Å². The average molecular weight is 767 g/mol. The average Bonchev–Trinajstić information content (AvgIpc) is 3.06. The van der Waals surface area contributed by atoms with Crippen LogP contribution >= 0.6 is 0 Å². The number of carbonyl (C=O) groups is 1. The molecular weight excluding hydrogens is 724 g/mol. The fourth-order valence-electron chi connectivity index (χ4n) is 6.40. The van der Waals surface area contributed by atoms with Crippen molar-refractivity contribution >= 4 is 37.2 Å². The lowest BCUT2D eigenvalue weighted by atomic mass is 9.94. The zero-order valence-electron chi connectivity index (χ0n) is 30.3. The summed E-state index contributed by atoms with van der Waals surface area (Å²) >= 11 is 0. The van der Waals surface area contributed by atoms with Gasteiger partial charge in [0.25, 0.3) is 15.7 Å². The lowest BCUT2D eigenvalue weighted by Crippen LogP contribution is -2.31. The summed E-state index contributed by atoms with van der Waals surface area (Å²) < 4.78 is 80.3. The van der Waals surface area contributed by atoms with Crippen LogP contribution in [0.25, 0.3) is 11.1 Å². The molecule has 0 atom stereocenters. The van der Waals surface area contributed by atoms with Crippen molar-refractivity contribution in [3.05, 3.63) is 117 Å². The monoisotopic (exact) mass is 766 g/mol. The lowest BCUT2D eigenvalue weighted by Gasteiger charge is -2.26. The first-order valence-corrected chi connectivity index (χ1v) is 20.4. The second kappa shape index (κ2) is 15.7. The number of para-hydroxylation sites is 1. The number of halogens is 1. The fourth-order valence-corrected chi connectivity index (χ4v) is 9.45. The van der Waals surface area contributed by atoms with Crippen LogP contribution in [0.5, 0.6) is 5.75 Å². The smallest absolute Gasteiger partial charge is 0.306 e. The van der Waals surface area contributed by atoms with Crippen molar-refractivity contribution in [1.82, 2.24) is 0 Å². The summed E-state index contributed by atoms with van der Waals surface area (Å²) in [6, 6.07) is 19.8. The Kier molecular flexibility index (Phi) is 11.6. The van der Waals surface area contributed by atoms with Crippen molar-refractivity contribution in [2.75, 3.05) is 15.8 Å². The Morgan fingerprint density at radius 1 is 0.962 bits per heavy atom. The number of sulfonamides is 1. The Balaban J connectivity index is 1.48. The van der Waals surface area contributed by atoms with Gasteiger partial charge in [0.05, 0.1) is 28.7 Å². The zero-order chi connectivity index (χ0) is 38.7. The Morgan fingerprint density at radius 2 is 1.62 bits per heavy atom. The number of carbonyl (C=O) groups excluding carboxylic acids is 1. The van der Waals surface area contributed by atoms with Gasteiger partial charge in [-0.1, -0.05) is 36.4 Å². The topological polar surface area (TPSA) is 150 Å². The highest BCUT2D eigenvalue weighted by atomic mass is 32.2. The van der Waals surface area contributed by atoms with E-state index in [0.29, 0.717) is 24.2 Å². The normalized spacial score (nSPS) is 14.8. The number of nitro groups is 1. The van der Waals surface area contributed by atoms with Gasteiger partial charge in [-0.15, -0.1) is 0 Å². The number of rotatable bonds is 12. The van der Waals surface area contributed by atoms with Gasteiger partial charge in [0.2, 0.25) is 0 Å². The number of anilines is 1. The first-order valence-electron chi connectivity index (χ1n) is 17.2. The van der Waals surface area contributed by atoms with Crippen LogP contribution in [-0.4, -0.2) is 50.9 Å². The van der Waals surface area contributed by atoms with Crippen molar-refractivity contribution in [3.63, 3.8) is 0 Å². The molecule has 282 valence electrons. The molecular formula is C39H43FN2O9S2. The first-order chi connectivity index (χ1) is 24.8. The summed E-state index contributed by atoms with van der Waals surface area (Å²) in [5.41, 5.74) is 2.75. The van der Waals surface area contributed by atoms with Crippen molar-refractivity contribution in [1.29, 1.82) is 0 Å². The van der Waals surface area contributed by atoms with Crippen LogP contribution in [0.4, 0.5) is 15.8 Å². The number of aryl methyl sites for hydroxylation is 3. The molecule has 11 nitrogen and oxygen atoms in total. The molecule has 0 aliphatic carbocycles. The highest BCUT2D eigenvalue weighted by molar-refractivity contribution is 7.93. The predicted octanol–water partition coefficient (Wildman–Crippen LogP) is 7.64. The number of nitrogens with zero attached hydrogens (tertiary/aromatic N) is 2. The van der Waals surface area contributed by atoms with E-state index in [1.165, 1.54) is 24.3 Å². The molecule has 1 saturated heterocycles. The van der Waals surface area contributed by atoms with Crippen LogP contribution in [0.1, 0.15) is 62.3 Å². The van der Waals surface area contributed by atoms with E-state index in [1.54, 1.807) is 32.9 Å². The standard InChI is InChI=1S/C39H43FN2O9S2/c1-26-21-33(50-32-17-19-52(46,47)20-18-32)22-27(2)38(26)30-10-8-9-28(23-30)25-41(53(48,49)36-12-7-6-11-35(36)42(44)45)31-15-13-29(34(40)24-31)14-16-37(43)51-39(3,4)5/h6-13,15,21-24,32H,14,16-20,25H2,1-5H3. The molecule has 0 spiro atoms. The quantitative estimate of drug-likeness (QED) is 0.0805. The summed E-state index contributed by atoms with van der Waals surface area (Å²) in [7, 11) is -7.66. The molecule has 0 radical (unpaired) electrons. The Bertz CT molecular complexity index is 2210. The van der Waals surface area contributed by atoms with Gasteiger partial charge in [-0.25, -0.2) is 21.2 Å². The van der Waals surface area contributed by atoms with Crippen LogP contribution in [0.2, 0.25) is 0 Å². The third kappa shape index (κ3) is 9.79. The highest BCUT2D eigenvalue weighted by Gasteiger charge is 2.33.